The van der Waals surface area contributed by atoms with Gasteiger partial charge in [-0.15, -0.1) is 0 Å². The van der Waals surface area contributed by atoms with E-state index in [2.05, 4.69) is 25.8 Å². The number of rotatable bonds is 5. The maximum atomic E-state index is 13.2. The molecule has 0 saturated heterocycles. The lowest BCUT2D eigenvalue weighted by molar-refractivity contribution is -0.141. The zero-order valence-electron chi connectivity index (χ0n) is 17.5. The minimum Gasteiger partial charge on any atom is -0.325 e. The quantitative estimate of drug-likeness (QED) is 0.148. The molecule has 8 nitrogen and oxygen atoms in total. The predicted octanol–water partition coefficient (Wildman–Crippen LogP) is 3.06. The Labute approximate surface area is 191 Å². The van der Waals surface area contributed by atoms with E-state index in [0.717, 1.165) is 18.5 Å². The van der Waals surface area contributed by atoms with Gasteiger partial charge in [0.2, 0.25) is 5.91 Å². The largest absolute Gasteiger partial charge is 0.433 e. The minimum absolute atomic E-state index is 0.0346. The number of alkyl halides is 3. The third-order valence-electron chi connectivity index (χ3n) is 5.57. The van der Waals surface area contributed by atoms with Crippen molar-refractivity contribution in [1.29, 1.82) is 0 Å². The number of carbonyl (C=O) groups is 1. The maximum Gasteiger partial charge on any atom is 0.433 e. The number of amides is 1. The van der Waals surface area contributed by atoms with Gasteiger partial charge in [0.25, 0.3) is 0 Å². The highest BCUT2D eigenvalue weighted by Gasteiger charge is 2.52. The van der Waals surface area contributed by atoms with Gasteiger partial charge in [-0.25, -0.2) is 10.2 Å². The number of hydrazine groups is 1. The highest BCUT2D eigenvalue weighted by Crippen LogP contribution is 2.48. The molecular weight excluding hydrogens is 454 g/mol. The highest BCUT2D eigenvalue weighted by atomic mass is 19.4. The van der Waals surface area contributed by atoms with Gasteiger partial charge in [0, 0.05) is 23.0 Å². The Morgan fingerprint density at radius 3 is 2.35 bits per heavy atom. The first-order chi connectivity index (χ1) is 16.2. The molecule has 1 saturated carbocycles. The number of benzene rings is 1. The van der Waals surface area contributed by atoms with Gasteiger partial charge in [0.1, 0.15) is 11.5 Å². The molecule has 0 aliphatic heterocycles. The van der Waals surface area contributed by atoms with Crippen molar-refractivity contribution in [2.75, 3.05) is 5.32 Å². The number of amidine groups is 1. The summed E-state index contributed by atoms with van der Waals surface area (Å²) in [6, 6.07) is 9.53. The Balaban J connectivity index is 1.66. The smallest absolute Gasteiger partial charge is 0.325 e. The molecule has 1 amide bonds. The van der Waals surface area contributed by atoms with E-state index >= 15 is 0 Å². The van der Waals surface area contributed by atoms with E-state index in [1.807, 2.05) is 0 Å². The number of anilines is 1. The summed E-state index contributed by atoms with van der Waals surface area (Å²) in [5.41, 5.74) is 2.39. The van der Waals surface area contributed by atoms with Gasteiger partial charge in [-0.1, -0.05) is 12.1 Å². The second-order valence-corrected chi connectivity index (χ2v) is 7.71. The van der Waals surface area contributed by atoms with Crippen LogP contribution < -0.4 is 22.4 Å². The number of nitrogens with zero attached hydrogens (tertiary/aromatic N) is 3. The summed E-state index contributed by atoms with van der Waals surface area (Å²) in [7, 11) is 0. The molecule has 0 bridgehead atoms. The van der Waals surface area contributed by atoms with Crippen LogP contribution in [0.25, 0.3) is 11.1 Å². The van der Waals surface area contributed by atoms with Crippen molar-refractivity contribution in [1.82, 2.24) is 15.4 Å². The number of nitrogens with one attached hydrogen (secondary N) is 2. The molecule has 4 rings (SSSR count). The molecule has 1 aliphatic carbocycles. The summed E-state index contributed by atoms with van der Waals surface area (Å²) < 4.78 is 51.8. The molecule has 0 unspecified atom stereocenters. The molecule has 0 atom stereocenters. The SMILES string of the molecule is N/N=C(\NN)c1cc(NC(=O)C2(c3ccc(F)cn3)CC2)ccc1-c1ccc(C(F)(F)F)nc1. The van der Waals surface area contributed by atoms with Crippen LogP contribution in [0.5, 0.6) is 0 Å². The zero-order chi connectivity index (χ0) is 24.5. The maximum absolute atomic E-state index is 13.2. The van der Waals surface area contributed by atoms with Gasteiger partial charge in [-0.2, -0.15) is 18.3 Å². The van der Waals surface area contributed by atoms with E-state index in [-0.39, 0.29) is 11.7 Å². The lowest BCUT2D eigenvalue weighted by atomic mass is 9.98. The summed E-state index contributed by atoms with van der Waals surface area (Å²) in [5.74, 6) is 10.1. The number of aromatic nitrogens is 2. The minimum atomic E-state index is -4.57. The van der Waals surface area contributed by atoms with Crippen LogP contribution in [-0.2, 0) is 16.4 Å². The number of carbonyl (C=O) groups excluding carboxylic acids is 1. The second kappa shape index (κ2) is 8.71. The van der Waals surface area contributed by atoms with Gasteiger partial charge in [0.15, 0.2) is 5.84 Å². The number of hydrogen-bond donors (Lipinski definition) is 4. The van der Waals surface area contributed by atoms with Crippen molar-refractivity contribution < 1.29 is 22.4 Å². The van der Waals surface area contributed by atoms with Crippen LogP contribution in [0.2, 0.25) is 0 Å². The summed E-state index contributed by atoms with van der Waals surface area (Å²) in [5, 5.41) is 6.39. The van der Waals surface area contributed by atoms with Crippen molar-refractivity contribution in [3.8, 4) is 11.1 Å². The Hall–Kier alpha value is -4.06. The molecule has 0 spiro atoms. The van der Waals surface area contributed by atoms with Crippen LogP contribution in [0, 0.1) is 5.82 Å². The molecule has 0 radical (unpaired) electrons. The fourth-order valence-electron chi connectivity index (χ4n) is 3.61. The van der Waals surface area contributed by atoms with E-state index in [9.17, 15) is 22.4 Å². The van der Waals surface area contributed by atoms with Gasteiger partial charge >= 0.3 is 6.18 Å². The number of nitrogens with two attached hydrogens (primary N) is 2. The third-order valence-corrected chi connectivity index (χ3v) is 5.57. The van der Waals surface area contributed by atoms with Crippen molar-refractivity contribution in [3.05, 3.63) is 77.6 Å². The normalized spacial score (nSPS) is 15.0. The highest BCUT2D eigenvalue weighted by molar-refractivity contribution is 6.06. The molecule has 176 valence electrons. The molecule has 6 N–H and O–H groups in total. The molecule has 2 heterocycles. The van der Waals surface area contributed by atoms with Gasteiger partial charge in [-0.05, 0) is 48.7 Å². The van der Waals surface area contributed by atoms with Crippen LogP contribution in [0.4, 0.5) is 23.2 Å². The van der Waals surface area contributed by atoms with Crippen molar-refractivity contribution >= 4 is 17.4 Å². The van der Waals surface area contributed by atoms with E-state index in [1.54, 1.807) is 12.1 Å². The van der Waals surface area contributed by atoms with E-state index in [4.69, 9.17) is 11.7 Å². The standard InChI is InChI=1S/C22H19F4N7O/c23-13-2-6-17(30-11-13)21(7-8-21)20(34)31-14-3-4-15(16(9-14)19(32-27)33-28)12-1-5-18(29-10-12)22(24,25)26/h1-6,9-11H,7-8,27-28H2,(H,31,34)(H,32,33). The second-order valence-electron chi connectivity index (χ2n) is 7.71. The number of halogens is 4. The van der Waals surface area contributed by atoms with Crippen molar-refractivity contribution in [3.63, 3.8) is 0 Å². The lowest BCUT2D eigenvalue weighted by Gasteiger charge is -2.17. The summed E-state index contributed by atoms with van der Waals surface area (Å²) >= 11 is 0. The Morgan fingerprint density at radius 1 is 1.06 bits per heavy atom. The molecular formula is C22H19F4N7O. The fraction of sp³-hybridized carbons (Fsp3) is 0.182. The summed E-state index contributed by atoms with van der Waals surface area (Å²) in [4.78, 5) is 20.6. The average Bonchev–Trinajstić information content (AvgIpc) is 3.62. The number of hydrazone groups is 1. The van der Waals surface area contributed by atoms with Gasteiger partial charge in [-0.3, -0.25) is 14.8 Å². The van der Waals surface area contributed by atoms with Crippen LogP contribution in [0.1, 0.15) is 29.8 Å². The average molecular weight is 473 g/mol. The Morgan fingerprint density at radius 2 is 1.82 bits per heavy atom. The van der Waals surface area contributed by atoms with Crippen LogP contribution in [0.15, 0.2) is 60.0 Å². The number of pyridine rings is 2. The fourth-order valence-corrected chi connectivity index (χ4v) is 3.61. The zero-order valence-corrected chi connectivity index (χ0v) is 17.5. The topological polar surface area (TPSA) is 131 Å². The van der Waals surface area contributed by atoms with Crippen LogP contribution in [0.3, 0.4) is 0 Å². The lowest BCUT2D eigenvalue weighted by Crippen LogP contribution is -2.33. The molecule has 1 fully saturated rings. The molecule has 12 heteroatoms. The third kappa shape index (κ3) is 4.39. The van der Waals surface area contributed by atoms with Crippen LogP contribution >= 0.6 is 0 Å². The van der Waals surface area contributed by atoms with Gasteiger partial charge in [0.05, 0.1) is 17.3 Å². The predicted molar refractivity (Wildman–Crippen MR) is 116 cm³/mol. The Bertz CT molecular complexity index is 1240. The Kier molecular flexibility index (Phi) is 5.92. The molecule has 1 aliphatic rings. The summed E-state index contributed by atoms with van der Waals surface area (Å²) in [6.07, 6.45) is -1.33. The van der Waals surface area contributed by atoms with Crippen LogP contribution in [-0.4, -0.2) is 21.7 Å². The van der Waals surface area contributed by atoms with Crippen molar-refractivity contribution in [2.24, 2.45) is 16.8 Å². The first-order valence-corrected chi connectivity index (χ1v) is 10.0. The first kappa shape index (κ1) is 23.1. The van der Waals surface area contributed by atoms with Crippen molar-refractivity contribution in [2.45, 2.75) is 24.4 Å². The van der Waals surface area contributed by atoms with E-state index in [1.165, 1.54) is 24.3 Å². The molecule has 34 heavy (non-hydrogen) atoms. The van der Waals surface area contributed by atoms with E-state index in [0.29, 0.717) is 40.9 Å². The molecule has 3 aromatic rings. The summed E-state index contributed by atoms with van der Waals surface area (Å²) in [6.45, 7) is 0. The molecule has 1 aromatic carbocycles. The molecule has 2 aromatic heterocycles. The van der Waals surface area contributed by atoms with E-state index < -0.39 is 23.1 Å². The number of hydrogen-bond acceptors (Lipinski definition) is 6. The van der Waals surface area contributed by atoms with Gasteiger partial charge < -0.3 is 16.6 Å². The first-order valence-electron chi connectivity index (χ1n) is 10.0. The monoisotopic (exact) mass is 473 g/mol.